The predicted octanol–water partition coefficient (Wildman–Crippen LogP) is 3.72. The molecule has 4 rings (SSSR count). The Labute approximate surface area is 189 Å². The quantitative estimate of drug-likeness (QED) is 0.555. The first-order valence-electron chi connectivity index (χ1n) is 10.2. The van der Waals surface area contributed by atoms with Crippen LogP contribution in [0.25, 0.3) is 10.9 Å². The summed E-state index contributed by atoms with van der Waals surface area (Å²) in [5.74, 6) is -0.743. The lowest BCUT2D eigenvalue weighted by atomic mass is 10.1. The molecule has 1 aliphatic heterocycles. The zero-order valence-electron chi connectivity index (χ0n) is 17.8. The van der Waals surface area contributed by atoms with Crippen LogP contribution in [-0.4, -0.2) is 60.1 Å². The van der Waals surface area contributed by atoms with Crippen molar-refractivity contribution in [2.75, 3.05) is 26.2 Å². The molecule has 0 aliphatic carbocycles. The van der Waals surface area contributed by atoms with E-state index in [4.69, 9.17) is 0 Å². The Kier molecular flexibility index (Phi) is 6.30. The summed E-state index contributed by atoms with van der Waals surface area (Å²) in [6, 6.07) is 10.1. The van der Waals surface area contributed by atoms with Gasteiger partial charge in [0.25, 0.3) is 0 Å². The fourth-order valence-corrected chi connectivity index (χ4v) is 5.39. The number of aromatic nitrogens is 2. The summed E-state index contributed by atoms with van der Waals surface area (Å²) in [7, 11) is -4.17. The molecular weight excluding hydrogens is 457 g/mol. The molecule has 3 aromatic rings. The van der Waals surface area contributed by atoms with Gasteiger partial charge in [-0.3, -0.25) is 14.9 Å². The first-order chi connectivity index (χ1) is 15.6. The van der Waals surface area contributed by atoms with Crippen LogP contribution in [0.1, 0.15) is 17.4 Å². The topological polar surface area (TPSA) is 75.6 Å². The lowest BCUT2D eigenvalue weighted by molar-refractivity contribution is -0.275. The highest BCUT2D eigenvalue weighted by molar-refractivity contribution is 7.89. The molecule has 2 aromatic heterocycles. The normalized spacial score (nSPS) is 17.2. The maximum atomic E-state index is 13.0. The summed E-state index contributed by atoms with van der Waals surface area (Å²) in [6.45, 7) is 7.01. The number of piperazine rings is 1. The predicted molar refractivity (Wildman–Crippen MR) is 116 cm³/mol. The second-order valence-electron chi connectivity index (χ2n) is 7.65. The van der Waals surface area contributed by atoms with Gasteiger partial charge >= 0.3 is 6.36 Å². The summed E-state index contributed by atoms with van der Waals surface area (Å²) in [4.78, 5) is 10.4. The fourth-order valence-electron chi connectivity index (χ4n) is 3.85. The fraction of sp³-hybridized carbons (Fsp3) is 0.318. The van der Waals surface area contributed by atoms with Crippen LogP contribution in [0.3, 0.4) is 0 Å². The molecule has 3 heterocycles. The lowest BCUT2D eigenvalue weighted by Crippen LogP contribution is -2.49. The van der Waals surface area contributed by atoms with Crippen LogP contribution in [0.15, 0.2) is 53.6 Å². The van der Waals surface area contributed by atoms with E-state index in [0.717, 1.165) is 38.7 Å². The van der Waals surface area contributed by atoms with Gasteiger partial charge in [0.15, 0.2) is 0 Å². The Hall–Kier alpha value is -2.76. The van der Waals surface area contributed by atoms with Crippen molar-refractivity contribution in [2.45, 2.75) is 24.2 Å². The van der Waals surface area contributed by atoms with Crippen LogP contribution >= 0.6 is 0 Å². The lowest BCUT2D eigenvalue weighted by Gasteiger charge is -2.37. The second-order valence-corrected chi connectivity index (χ2v) is 9.56. The number of sulfonamides is 1. The number of halogens is 3. The second kappa shape index (κ2) is 8.88. The highest BCUT2D eigenvalue weighted by Gasteiger charge is 2.37. The number of ether oxygens (including phenoxy) is 1. The molecule has 1 atom stereocenters. The Balaban J connectivity index is 1.49. The van der Waals surface area contributed by atoms with Crippen LogP contribution in [-0.2, 0) is 10.0 Å². The molecule has 175 valence electrons. The van der Waals surface area contributed by atoms with Crippen molar-refractivity contribution in [1.82, 2.24) is 19.2 Å². The van der Waals surface area contributed by atoms with Crippen molar-refractivity contribution in [1.29, 1.82) is 0 Å². The molecule has 11 heteroatoms. The summed E-state index contributed by atoms with van der Waals surface area (Å²) in [5, 5.41) is 0.948. The minimum atomic E-state index is -4.99. The van der Waals surface area contributed by atoms with Gasteiger partial charge in [0.2, 0.25) is 10.0 Å². The van der Waals surface area contributed by atoms with Crippen molar-refractivity contribution >= 4 is 20.9 Å². The molecule has 1 aliphatic rings. The number of pyridine rings is 2. The van der Waals surface area contributed by atoms with Crippen molar-refractivity contribution in [3.05, 3.63) is 67.0 Å². The van der Waals surface area contributed by atoms with Crippen LogP contribution in [0.5, 0.6) is 5.75 Å². The molecule has 0 bridgehead atoms. The largest absolute Gasteiger partial charge is 0.573 e. The average Bonchev–Trinajstić information content (AvgIpc) is 2.78. The van der Waals surface area contributed by atoms with Gasteiger partial charge in [-0.05, 0) is 44.2 Å². The van der Waals surface area contributed by atoms with Crippen LogP contribution < -0.4 is 4.74 Å². The molecule has 0 amide bonds. The van der Waals surface area contributed by atoms with Crippen molar-refractivity contribution in [3.63, 3.8) is 0 Å². The van der Waals surface area contributed by atoms with E-state index in [1.165, 1.54) is 12.1 Å². The summed E-state index contributed by atoms with van der Waals surface area (Å²) >= 11 is 0. The van der Waals surface area contributed by atoms with Crippen LogP contribution in [0, 0.1) is 13.8 Å². The number of fused-ring (bicyclic) bond motifs is 1. The van der Waals surface area contributed by atoms with E-state index < -0.39 is 27.0 Å². The Morgan fingerprint density at radius 2 is 1.76 bits per heavy atom. The monoisotopic (exact) mass is 479 g/mol. The smallest absolute Gasteiger partial charge is 0.404 e. The number of nitrogens with zero attached hydrogens (tertiary/aromatic N) is 4. The average molecular weight is 480 g/mol. The first kappa shape index (κ1) is 23.4. The molecule has 0 spiro atoms. The molecule has 1 radical (unpaired) electrons. The highest BCUT2D eigenvalue weighted by atomic mass is 32.2. The number of para-hydroxylation sites is 1. The van der Waals surface area contributed by atoms with Gasteiger partial charge in [-0.15, -0.1) is 13.2 Å². The molecule has 1 saturated heterocycles. The SMILES string of the molecule is [CH2]C(c1ccc2c(C)nccc2n1)N1CCN(S(=O)(=O)c2ccccc2OC(F)(F)F)CC1. The minimum absolute atomic E-state index is 0.102. The van der Waals surface area contributed by atoms with Gasteiger partial charge in [-0.25, -0.2) is 8.42 Å². The third-order valence-electron chi connectivity index (χ3n) is 5.58. The van der Waals surface area contributed by atoms with Gasteiger partial charge in [-0.2, -0.15) is 4.31 Å². The number of rotatable bonds is 5. The van der Waals surface area contributed by atoms with E-state index in [2.05, 4.69) is 21.6 Å². The number of hydrogen-bond donors (Lipinski definition) is 0. The molecule has 1 fully saturated rings. The van der Waals surface area contributed by atoms with Crippen molar-refractivity contribution in [3.8, 4) is 5.75 Å². The summed E-state index contributed by atoms with van der Waals surface area (Å²) < 4.78 is 69.3. The highest BCUT2D eigenvalue weighted by Crippen LogP contribution is 2.32. The Morgan fingerprint density at radius 1 is 1.06 bits per heavy atom. The maximum Gasteiger partial charge on any atom is 0.573 e. The molecule has 0 N–H and O–H groups in total. The number of aryl methyl sites for hydroxylation is 1. The van der Waals surface area contributed by atoms with E-state index >= 15 is 0 Å². The van der Waals surface area contributed by atoms with Gasteiger partial charge in [-0.1, -0.05) is 12.1 Å². The van der Waals surface area contributed by atoms with Gasteiger partial charge < -0.3 is 4.74 Å². The van der Waals surface area contributed by atoms with Crippen molar-refractivity contribution in [2.24, 2.45) is 0 Å². The summed E-state index contributed by atoms with van der Waals surface area (Å²) in [5.41, 5.74) is 2.42. The number of alkyl halides is 3. The molecular formula is C22H22F3N4O3S. The van der Waals surface area contributed by atoms with Gasteiger partial charge in [0.05, 0.1) is 17.3 Å². The molecule has 1 aromatic carbocycles. The summed E-state index contributed by atoms with van der Waals surface area (Å²) in [6.07, 6.45) is -3.30. The third-order valence-corrected chi connectivity index (χ3v) is 7.52. The zero-order chi connectivity index (χ0) is 23.8. The van der Waals surface area contributed by atoms with Crippen LogP contribution in [0.2, 0.25) is 0 Å². The zero-order valence-corrected chi connectivity index (χ0v) is 18.6. The number of benzene rings is 1. The third kappa shape index (κ3) is 4.94. The van der Waals surface area contributed by atoms with Crippen molar-refractivity contribution < 1.29 is 26.3 Å². The molecule has 0 saturated carbocycles. The maximum absolute atomic E-state index is 13.0. The Morgan fingerprint density at radius 3 is 2.45 bits per heavy atom. The van der Waals surface area contributed by atoms with E-state index in [9.17, 15) is 21.6 Å². The van der Waals surface area contributed by atoms with E-state index in [1.54, 1.807) is 6.20 Å². The Bertz CT molecular complexity index is 1260. The van der Waals surface area contributed by atoms with Gasteiger partial charge in [0.1, 0.15) is 10.6 Å². The molecule has 7 nitrogen and oxygen atoms in total. The van der Waals surface area contributed by atoms with E-state index in [0.29, 0.717) is 13.1 Å². The van der Waals surface area contributed by atoms with E-state index in [-0.39, 0.29) is 19.1 Å². The standard InChI is InChI=1S/C22H22F3N4O3S/c1-15-17-7-8-18(27-19(17)9-10-26-15)16(2)28-11-13-29(14-12-28)33(30,31)21-6-4-3-5-20(21)32-22(23,24)25/h3-10,16H,2,11-14H2,1H3. The first-order valence-corrected chi connectivity index (χ1v) is 11.6. The number of hydrogen-bond acceptors (Lipinski definition) is 6. The molecule has 1 unspecified atom stereocenters. The van der Waals surface area contributed by atoms with E-state index in [1.807, 2.05) is 30.0 Å². The molecule has 33 heavy (non-hydrogen) atoms. The minimum Gasteiger partial charge on any atom is -0.404 e. The van der Waals surface area contributed by atoms with Crippen LogP contribution in [0.4, 0.5) is 13.2 Å². The van der Waals surface area contributed by atoms with Gasteiger partial charge in [0, 0.05) is 43.5 Å².